The van der Waals surface area contributed by atoms with Gasteiger partial charge in [0.1, 0.15) is 5.82 Å². The molecule has 1 saturated carbocycles. The standard InChI is InChI=1S/C26H31N3O/c1-17(2)19-10-14-20(15-11-19)27-25-16-23(22-6-4-5-7-24(22)29-25)26(30)28-21-12-8-18(3)9-13-21/h4-7,10-11,14-18,21H,8-9,12-13H2,1-3H3,(H,27,29)(H,28,30). The molecule has 0 radical (unpaired) electrons. The molecule has 0 spiro atoms. The molecule has 30 heavy (non-hydrogen) atoms. The van der Waals surface area contributed by atoms with E-state index in [0.717, 1.165) is 35.3 Å². The van der Waals surface area contributed by atoms with Crippen LogP contribution in [0.5, 0.6) is 0 Å². The van der Waals surface area contributed by atoms with Gasteiger partial charge in [-0.3, -0.25) is 4.79 Å². The number of hydrogen-bond acceptors (Lipinski definition) is 3. The molecule has 2 N–H and O–H groups in total. The van der Waals surface area contributed by atoms with Crippen LogP contribution in [-0.2, 0) is 0 Å². The summed E-state index contributed by atoms with van der Waals surface area (Å²) >= 11 is 0. The van der Waals surface area contributed by atoms with Crippen molar-refractivity contribution in [2.75, 3.05) is 5.32 Å². The van der Waals surface area contributed by atoms with E-state index in [0.29, 0.717) is 17.3 Å². The molecule has 4 rings (SSSR count). The number of carbonyl (C=O) groups is 1. The first-order chi connectivity index (χ1) is 14.5. The number of nitrogens with zero attached hydrogens (tertiary/aromatic N) is 1. The lowest BCUT2D eigenvalue weighted by molar-refractivity contribution is 0.0924. The van der Waals surface area contributed by atoms with Crippen LogP contribution in [0.1, 0.15) is 68.3 Å². The summed E-state index contributed by atoms with van der Waals surface area (Å²) in [6.07, 6.45) is 4.48. The fourth-order valence-corrected chi connectivity index (χ4v) is 4.19. The second kappa shape index (κ2) is 8.86. The molecule has 0 aliphatic heterocycles. The monoisotopic (exact) mass is 401 g/mol. The molecular formula is C26H31N3O. The number of aromatic nitrogens is 1. The molecule has 1 fully saturated rings. The van der Waals surface area contributed by atoms with Crippen LogP contribution in [-0.4, -0.2) is 16.9 Å². The van der Waals surface area contributed by atoms with E-state index in [1.165, 1.54) is 18.4 Å². The number of para-hydroxylation sites is 1. The summed E-state index contributed by atoms with van der Waals surface area (Å²) in [4.78, 5) is 17.9. The molecular weight excluding hydrogens is 370 g/mol. The van der Waals surface area contributed by atoms with Crippen molar-refractivity contribution in [3.8, 4) is 0 Å². The van der Waals surface area contributed by atoms with E-state index in [1.807, 2.05) is 30.3 Å². The molecule has 1 aromatic heterocycles. The Bertz CT molecular complexity index is 1020. The average molecular weight is 402 g/mol. The van der Waals surface area contributed by atoms with Gasteiger partial charge in [-0.05, 0) is 67.3 Å². The molecule has 0 atom stereocenters. The van der Waals surface area contributed by atoms with E-state index in [2.05, 4.69) is 55.7 Å². The third-order valence-electron chi connectivity index (χ3n) is 6.16. The Morgan fingerprint density at radius 1 is 1.00 bits per heavy atom. The number of fused-ring (bicyclic) bond motifs is 1. The molecule has 0 bridgehead atoms. The zero-order chi connectivity index (χ0) is 21.1. The first-order valence-electron chi connectivity index (χ1n) is 11.1. The lowest BCUT2D eigenvalue weighted by atomic mass is 9.87. The summed E-state index contributed by atoms with van der Waals surface area (Å²) in [5.41, 5.74) is 3.77. The predicted octanol–water partition coefficient (Wildman–Crippen LogP) is 6.41. The molecule has 4 heteroatoms. The maximum absolute atomic E-state index is 13.2. The van der Waals surface area contributed by atoms with Gasteiger partial charge in [0.15, 0.2) is 0 Å². The van der Waals surface area contributed by atoms with Gasteiger partial charge >= 0.3 is 0 Å². The van der Waals surface area contributed by atoms with E-state index in [4.69, 9.17) is 4.98 Å². The Hall–Kier alpha value is -2.88. The highest BCUT2D eigenvalue weighted by molar-refractivity contribution is 6.07. The van der Waals surface area contributed by atoms with Gasteiger partial charge in [-0.15, -0.1) is 0 Å². The highest BCUT2D eigenvalue weighted by Crippen LogP contribution is 2.27. The summed E-state index contributed by atoms with van der Waals surface area (Å²) in [6, 6.07) is 18.4. The minimum Gasteiger partial charge on any atom is -0.349 e. The Morgan fingerprint density at radius 2 is 1.70 bits per heavy atom. The number of pyridine rings is 1. The minimum atomic E-state index is -0.00800. The number of amides is 1. The number of nitrogens with one attached hydrogen (secondary N) is 2. The van der Waals surface area contributed by atoms with Crippen LogP contribution in [0.15, 0.2) is 54.6 Å². The zero-order valence-corrected chi connectivity index (χ0v) is 18.1. The van der Waals surface area contributed by atoms with E-state index >= 15 is 0 Å². The van der Waals surface area contributed by atoms with Crippen molar-refractivity contribution in [1.82, 2.24) is 10.3 Å². The topological polar surface area (TPSA) is 54.0 Å². The summed E-state index contributed by atoms with van der Waals surface area (Å²) in [5.74, 6) is 1.94. The first-order valence-corrected chi connectivity index (χ1v) is 11.1. The first kappa shape index (κ1) is 20.4. The average Bonchev–Trinajstić information content (AvgIpc) is 2.75. The quantitative estimate of drug-likeness (QED) is 0.519. The fraction of sp³-hybridized carbons (Fsp3) is 0.385. The Balaban J connectivity index is 1.59. The molecule has 1 amide bonds. The van der Waals surface area contributed by atoms with Crippen molar-refractivity contribution < 1.29 is 4.79 Å². The zero-order valence-electron chi connectivity index (χ0n) is 18.1. The van der Waals surface area contributed by atoms with Crippen molar-refractivity contribution in [2.24, 2.45) is 5.92 Å². The van der Waals surface area contributed by atoms with Gasteiger partial charge in [0.2, 0.25) is 0 Å². The van der Waals surface area contributed by atoms with Crippen LogP contribution < -0.4 is 10.6 Å². The molecule has 1 heterocycles. The molecule has 0 saturated heterocycles. The number of carbonyl (C=O) groups excluding carboxylic acids is 1. The Kier molecular flexibility index (Phi) is 6.03. The van der Waals surface area contributed by atoms with Gasteiger partial charge in [-0.25, -0.2) is 4.98 Å². The van der Waals surface area contributed by atoms with Crippen LogP contribution >= 0.6 is 0 Å². The Morgan fingerprint density at radius 3 is 2.40 bits per heavy atom. The van der Waals surface area contributed by atoms with Crippen LogP contribution in [0.2, 0.25) is 0 Å². The lowest BCUT2D eigenvalue weighted by Gasteiger charge is -2.27. The largest absolute Gasteiger partial charge is 0.349 e. The van der Waals surface area contributed by atoms with Crippen molar-refractivity contribution in [3.05, 3.63) is 65.7 Å². The molecule has 3 aromatic rings. The molecule has 2 aromatic carbocycles. The van der Waals surface area contributed by atoms with Gasteiger partial charge in [0, 0.05) is 17.1 Å². The summed E-state index contributed by atoms with van der Waals surface area (Å²) in [5, 5.41) is 7.53. The Labute approximate surface area is 179 Å². The SMILES string of the molecule is CC1CCC(NC(=O)c2cc(Nc3ccc(C(C)C)cc3)nc3ccccc23)CC1. The van der Waals surface area contributed by atoms with E-state index in [9.17, 15) is 4.79 Å². The molecule has 4 nitrogen and oxygen atoms in total. The summed E-state index contributed by atoms with van der Waals surface area (Å²) in [7, 11) is 0. The van der Waals surface area contributed by atoms with E-state index < -0.39 is 0 Å². The van der Waals surface area contributed by atoms with Crippen molar-refractivity contribution >= 4 is 28.3 Å². The van der Waals surface area contributed by atoms with Crippen molar-refractivity contribution in [2.45, 2.75) is 58.4 Å². The normalized spacial score (nSPS) is 19.1. The van der Waals surface area contributed by atoms with Crippen LogP contribution in [0.4, 0.5) is 11.5 Å². The molecule has 0 unspecified atom stereocenters. The maximum Gasteiger partial charge on any atom is 0.252 e. The third-order valence-corrected chi connectivity index (χ3v) is 6.16. The summed E-state index contributed by atoms with van der Waals surface area (Å²) in [6.45, 7) is 6.66. The van der Waals surface area contributed by atoms with E-state index in [1.54, 1.807) is 0 Å². The van der Waals surface area contributed by atoms with Crippen LogP contribution in [0.3, 0.4) is 0 Å². The van der Waals surface area contributed by atoms with Crippen LogP contribution in [0, 0.1) is 5.92 Å². The van der Waals surface area contributed by atoms with Gasteiger partial charge in [0.25, 0.3) is 5.91 Å². The predicted molar refractivity (Wildman–Crippen MR) is 124 cm³/mol. The number of benzene rings is 2. The molecule has 156 valence electrons. The molecule has 1 aliphatic rings. The smallest absolute Gasteiger partial charge is 0.252 e. The number of rotatable bonds is 5. The van der Waals surface area contributed by atoms with Gasteiger partial charge in [0.05, 0.1) is 11.1 Å². The molecule has 1 aliphatic carbocycles. The second-order valence-corrected chi connectivity index (χ2v) is 8.90. The number of hydrogen-bond donors (Lipinski definition) is 2. The van der Waals surface area contributed by atoms with Crippen molar-refractivity contribution in [3.63, 3.8) is 0 Å². The van der Waals surface area contributed by atoms with Crippen molar-refractivity contribution in [1.29, 1.82) is 0 Å². The van der Waals surface area contributed by atoms with Gasteiger partial charge < -0.3 is 10.6 Å². The van der Waals surface area contributed by atoms with Gasteiger partial charge in [-0.2, -0.15) is 0 Å². The van der Waals surface area contributed by atoms with E-state index in [-0.39, 0.29) is 11.9 Å². The summed E-state index contributed by atoms with van der Waals surface area (Å²) < 4.78 is 0. The lowest BCUT2D eigenvalue weighted by Crippen LogP contribution is -2.37. The second-order valence-electron chi connectivity index (χ2n) is 8.90. The fourth-order valence-electron chi connectivity index (χ4n) is 4.19. The number of anilines is 2. The highest BCUT2D eigenvalue weighted by atomic mass is 16.1. The van der Waals surface area contributed by atoms with Crippen LogP contribution in [0.25, 0.3) is 10.9 Å². The van der Waals surface area contributed by atoms with Gasteiger partial charge in [-0.1, -0.05) is 51.1 Å². The minimum absolute atomic E-state index is 0.00800. The maximum atomic E-state index is 13.2. The highest BCUT2D eigenvalue weighted by Gasteiger charge is 2.21. The third kappa shape index (κ3) is 4.64.